The van der Waals surface area contributed by atoms with Crippen molar-refractivity contribution in [1.82, 2.24) is 20.7 Å². The van der Waals surface area contributed by atoms with Crippen LogP contribution in [0.15, 0.2) is 48.5 Å². The number of carbonyl (C=O) groups is 6. The van der Waals surface area contributed by atoms with Crippen LogP contribution < -0.4 is 10.9 Å². The molecule has 46 heavy (non-hydrogen) atoms. The predicted molar refractivity (Wildman–Crippen MR) is 177 cm³/mol. The summed E-state index contributed by atoms with van der Waals surface area (Å²) in [6.45, 7) is 16.3. The first kappa shape index (κ1) is 37.8. The minimum absolute atomic E-state index is 0.180. The van der Waals surface area contributed by atoms with Gasteiger partial charge in [0.1, 0.15) is 6.04 Å². The molecular weight excluding hydrogens is 584 g/mol. The first-order valence-electron chi connectivity index (χ1n) is 16.1. The minimum atomic E-state index is -0.855. The van der Waals surface area contributed by atoms with Crippen LogP contribution in [-0.2, 0) is 54.7 Å². The second-order valence-electron chi connectivity index (χ2n) is 12.6. The summed E-state index contributed by atoms with van der Waals surface area (Å²) in [5.41, 5.74) is 7.28. The van der Waals surface area contributed by atoms with Crippen molar-refractivity contribution in [2.75, 3.05) is 6.54 Å². The van der Waals surface area contributed by atoms with Crippen LogP contribution in [0.2, 0.25) is 0 Å². The molecule has 0 spiro atoms. The highest BCUT2D eigenvalue weighted by Crippen LogP contribution is 2.28. The Labute approximate surface area is 273 Å². The lowest BCUT2D eigenvalue weighted by Crippen LogP contribution is -2.57. The van der Waals surface area contributed by atoms with E-state index in [0.29, 0.717) is 32.3 Å². The lowest BCUT2D eigenvalue weighted by molar-refractivity contribution is -0.153. The molecule has 1 unspecified atom stereocenters. The van der Waals surface area contributed by atoms with E-state index in [1.807, 2.05) is 84.0 Å². The molecule has 10 nitrogen and oxygen atoms in total. The van der Waals surface area contributed by atoms with Crippen LogP contribution in [0.3, 0.4) is 0 Å². The predicted octanol–water partition coefficient (Wildman–Crippen LogP) is 4.33. The third kappa shape index (κ3) is 9.11. The number of benzene rings is 2. The molecule has 2 aliphatic rings. The molecule has 2 aromatic rings. The Morgan fingerprint density at radius 1 is 0.761 bits per heavy atom. The maximum Gasteiger partial charge on any atom is 0.291 e. The van der Waals surface area contributed by atoms with Crippen molar-refractivity contribution in [1.29, 1.82) is 0 Å². The van der Waals surface area contributed by atoms with Crippen molar-refractivity contribution < 1.29 is 28.8 Å². The quantitative estimate of drug-likeness (QED) is 0.240. The SMILES string of the molecule is CC.CCC(C)(C)C(=O)C(=O)N1CCc2ccccc2C1.CCC(C)(C)C(=O)C(=O)N1Cc2ccccc2CC1C(=O)NNC=O. The Morgan fingerprint density at radius 3 is 1.76 bits per heavy atom. The van der Waals surface area contributed by atoms with E-state index in [9.17, 15) is 28.8 Å². The minimum Gasteiger partial charge on any atom is -0.331 e. The number of amides is 4. The second-order valence-corrected chi connectivity index (χ2v) is 12.6. The van der Waals surface area contributed by atoms with Crippen molar-refractivity contribution >= 4 is 35.7 Å². The Bertz CT molecular complexity index is 1420. The number of rotatable bonds is 9. The molecular formula is C36H50N4O6. The summed E-state index contributed by atoms with van der Waals surface area (Å²) in [6.07, 6.45) is 2.66. The van der Waals surface area contributed by atoms with Gasteiger partial charge in [-0.15, -0.1) is 0 Å². The Hall–Kier alpha value is -4.34. The highest BCUT2D eigenvalue weighted by atomic mass is 16.2. The smallest absolute Gasteiger partial charge is 0.291 e. The number of fused-ring (bicyclic) bond motifs is 2. The lowest BCUT2D eigenvalue weighted by Gasteiger charge is -2.36. The number of ketones is 2. The number of carbonyl (C=O) groups excluding carboxylic acids is 6. The number of Topliss-reactive ketones (excluding diaryl/α,β-unsaturated/α-hetero) is 2. The zero-order chi connectivity index (χ0) is 34.7. The summed E-state index contributed by atoms with van der Waals surface area (Å²) in [6, 6.07) is 14.7. The highest BCUT2D eigenvalue weighted by Gasteiger charge is 2.41. The van der Waals surface area contributed by atoms with Gasteiger partial charge in [-0.3, -0.25) is 39.6 Å². The van der Waals surface area contributed by atoms with E-state index in [2.05, 4.69) is 16.9 Å². The molecule has 0 saturated heterocycles. The van der Waals surface area contributed by atoms with Gasteiger partial charge in [-0.1, -0.05) is 104 Å². The van der Waals surface area contributed by atoms with Crippen LogP contribution >= 0.6 is 0 Å². The first-order valence-corrected chi connectivity index (χ1v) is 16.1. The fourth-order valence-electron chi connectivity index (χ4n) is 5.00. The molecule has 0 saturated carbocycles. The van der Waals surface area contributed by atoms with Gasteiger partial charge >= 0.3 is 0 Å². The molecule has 0 fully saturated rings. The van der Waals surface area contributed by atoms with Crippen LogP contribution in [0.4, 0.5) is 0 Å². The van der Waals surface area contributed by atoms with E-state index in [4.69, 9.17) is 0 Å². The Balaban J connectivity index is 0.000000314. The zero-order valence-electron chi connectivity index (χ0n) is 28.6. The Morgan fingerprint density at radius 2 is 1.24 bits per heavy atom. The number of hydrogen-bond acceptors (Lipinski definition) is 6. The number of nitrogens with one attached hydrogen (secondary N) is 2. The average Bonchev–Trinajstić information content (AvgIpc) is 3.09. The van der Waals surface area contributed by atoms with Gasteiger partial charge in [0.05, 0.1) is 0 Å². The molecule has 0 aromatic heterocycles. The fourth-order valence-corrected chi connectivity index (χ4v) is 5.00. The molecule has 4 rings (SSSR count). The van der Waals surface area contributed by atoms with Gasteiger partial charge in [0, 0.05) is 36.9 Å². The van der Waals surface area contributed by atoms with Gasteiger partial charge in [0.25, 0.3) is 17.7 Å². The first-order chi connectivity index (χ1) is 21.8. The van der Waals surface area contributed by atoms with E-state index in [1.54, 1.807) is 18.7 Å². The largest absolute Gasteiger partial charge is 0.331 e. The fraction of sp³-hybridized carbons (Fsp3) is 0.500. The summed E-state index contributed by atoms with van der Waals surface area (Å²) < 4.78 is 0. The highest BCUT2D eigenvalue weighted by molar-refractivity contribution is 6.38. The summed E-state index contributed by atoms with van der Waals surface area (Å²) >= 11 is 0. The van der Waals surface area contributed by atoms with Gasteiger partial charge in [-0.25, -0.2) is 0 Å². The van der Waals surface area contributed by atoms with Crippen LogP contribution in [0.5, 0.6) is 0 Å². The van der Waals surface area contributed by atoms with Crippen molar-refractivity contribution in [2.45, 2.75) is 100 Å². The normalized spacial score (nSPS) is 15.3. The third-order valence-electron chi connectivity index (χ3n) is 8.87. The van der Waals surface area contributed by atoms with Gasteiger partial charge in [0.15, 0.2) is 0 Å². The summed E-state index contributed by atoms with van der Waals surface area (Å²) in [4.78, 5) is 75.7. The number of hydrazine groups is 1. The molecule has 2 heterocycles. The second kappa shape index (κ2) is 16.8. The van der Waals surface area contributed by atoms with E-state index in [-0.39, 0.29) is 24.7 Å². The molecule has 4 amide bonds. The molecule has 2 aromatic carbocycles. The third-order valence-corrected chi connectivity index (χ3v) is 8.87. The van der Waals surface area contributed by atoms with Crippen LogP contribution in [0, 0.1) is 10.8 Å². The summed E-state index contributed by atoms with van der Waals surface area (Å²) in [7, 11) is 0. The molecule has 10 heteroatoms. The zero-order valence-corrected chi connectivity index (χ0v) is 28.6. The standard InChI is InChI=1S/C18H23N3O4.C16H21NO2.C2H6/c1-4-18(2,3)15(23)17(25)21-10-13-8-6-5-7-12(13)9-14(21)16(24)20-19-11-22;1-4-16(2,3)14(18)15(19)17-10-9-12-7-5-6-8-13(12)11-17;1-2/h5-8,11,14H,4,9-10H2,1-3H3,(H,19,22)(H,20,24);5-8H,4,9-11H2,1-3H3;1-2H3. The van der Waals surface area contributed by atoms with Crippen molar-refractivity contribution in [3.8, 4) is 0 Å². The van der Waals surface area contributed by atoms with Crippen molar-refractivity contribution in [3.05, 3.63) is 70.8 Å². The van der Waals surface area contributed by atoms with E-state index in [1.165, 1.54) is 10.5 Å². The molecule has 0 aliphatic carbocycles. The molecule has 1 atom stereocenters. The molecule has 2 N–H and O–H groups in total. The number of nitrogens with zero attached hydrogens (tertiary/aromatic N) is 2. The molecule has 0 radical (unpaired) electrons. The summed E-state index contributed by atoms with van der Waals surface area (Å²) in [5, 5.41) is 0. The van der Waals surface area contributed by atoms with Crippen molar-refractivity contribution in [2.24, 2.45) is 10.8 Å². The maximum absolute atomic E-state index is 12.8. The molecule has 250 valence electrons. The monoisotopic (exact) mass is 634 g/mol. The van der Waals surface area contributed by atoms with Gasteiger partial charge in [-0.2, -0.15) is 0 Å². The lowest BCUT2D eigenvalue weighted by atomic mass is 9.83. The molecule has 2 aliphatic heterocycles. The van der Waals surface area contributed by atoms with Gasteiger partial charge < -0.3 is 9.80 Å². The maximum atomic E-state index is 12.8. The molecule has 0 bridgehead atoms. The van der Waals surface area contributed by atoms with Crippen LogP contribution in [0.25, 0.3) is 0 Å². The number of hydrogen-bond donors (Lipinski definition) is 2. The van der Waals surface area contributed by atoms with E-state index < -0.39 is 34.5 Å². The van der Waals surface area contributed by atoms with Crippen LogP contribution in [0.1, 0.15) is 90.5 Å². The van der Waals surface area contributed by atoms with E-state index >= 15 is 0 Å². The summed E-state index contributed by atoms with van der Waals surface area (Å²) in [5.74, 6) is -2.32. The van der Waals surface area contributed by atoms with Crippen LogP contribution in [-0.4, -0.2) is 58.1 Å². The van der Waals surface area contributed by atoms with Gasteiger partial charge in [0.2, 0.25) is 18.0 Å². The van der Waals surface area contributed by atoms with E-state index in [0.717, 1.165) is 23.1 Å². The topological polar surface area (TPSA) is 133 Å². The Kier molecular flexibility index (Phi) is 13.8. The average molecular weight is 635 g/mol. The van der Waals surface area contributed by atoms with Gasteiger partial charge in [-0.05, 0) is 41.5 Å². The van der Waals surface area contributed by atoms with Crippen molar-refractivity contribution in [3.63, 3.8) is 0 Å².